The third-order valence-corrected chi connectivity index (χ3v) is 10.8. The van der Waals surface area contributed by atoms with Gasteiger partial charge in [-0.25, -0.2) is 4.79 Å². The Hall–Kier alpha value is -3.50. The van der Waals surface area contributed by atoms with Gasteiger partial charge in [-0.1, -0.05) is 43.7 Å². The molecular weight excluding hydrogens is 574 g/mol. The average Bonchev–Trinajstić information content (AvgIpc) is 3.01. The number of hydrogen-bond acceptors (Lipinski definition) is 5. The van der Waals surface area contributed by atoms with Gasteiger partial charge >= 0.3 is 6.09 Å². The maximum Gasteiger partial charge on any atom is 0.411 e. The molecule has 2 amide bonds. The summed E-state index contributed by atoms with van der Waals surface area (Å²) in [5.74, 6) is 5.00. The third kappa shape index (κ3) is 6.51. The van der Waals surface area contributed by atoms with Crippen LogP contribution in [0.3, 0.4) is 0 Å². The van der Waals surface area contributed by atoms with E-state index in [1.54, 1.807) is 7.11 Å². The zero-order valence-corrected chi connectivity index (χ0v) is 28.3. The highest BCUT2D eigenvalue weighted by Gasteiger charge is 2.55. The van der Waals surface area contributed by atoms with Crippen LogP contribution in [0.1, 0.15) is 107 Å². The summed E-state index contributed by atoms with van der Waals surface area (Å²) in [6, 6.07) is 14.2. The van der Waals surface area contributed by atoms with Crippen LogP contribution in [-0.2, 0) is 22.5 Å². The lowest BCUT2D eigenvalue weighted by atomic mass is 9.52. The lowest BCUT2D eigenvalue weighted by molar-refractivity contribution is -0.130. The van der Waals surface area contributed by atoms with Crippen LogP contribution in [0.4, 0.5) is 4.79 Å². The Bertz CT molecular complexity index is 1430. The minimum Gasteiger partial charge on any atom is -0.497 e. The number of hydrogen-bond donors (Lipinski definition) is 1. The normalized spacial score (nSPS) is 27.9. The Morgan fingerprint density at radius 1 is 1.04 bits per heavy atom. The molecule has 4 fully saturated rings. The predicted molar refractivity (Wildman–Crippen MR) is 180 cm³/mol. The number of rotatable bonds is 9. The van der Waals surface area contributed by atoms with Crippen molar-refractivity contribution in [2.45, 2.75) is 115 Å². The van der Waals surface area contributed by atoms with Crippen molar-refractivity contribution < 1.29 is 19.1 Å². The number of ether oxygens (including phenoxy) is 2. The zero-order chi connectivity index (χ0) is 32.6. The monoisotopic (exact) mass is 625 g/mol. The lowest BCUT2D eigenvalue weighted by Crippen LogP contribution is -2.61. The molecule has 2 aromatic carbocycles. The number of carbonyl (C=O) groups is 2. The maximum absolute atomic E-state index is 13.9. The van der Waals surface area contributed by atoms with E-state index in [1.807, 2.05) is 31.7 Å². The SMILES string of the molecule is C#CC(=O)N1[C@@H](c2ccc(CN(C(=O)OC(C)(C)C)C34CC5CC(CC(C5)C3)C4)cc2)c2ccc(OC)cc2C[C@@H]1NCCCC. The molecule has 2 aromatic rings. The standard InChI is InChI=1S/C39H51N3O4/c1-7-9-16-40-34-21-31-20-32(45-6)14-15-33(31)36(42(34)35(43)8-2)30-12-10-26(11-13-30)25-41(37(44)46-38(3,4)5)39-22-27-17-28(23-39)19-29(18-27)24-39/h2,10-15,20,27-29,34,36,40H,7,9,16-19,21-25H2,1,3-6H3/t27?,28?,29?,34-,36+,39?/m1/s1. The van der Waals surface area contributed by atoms with Crippen LogP contribution in [0.2, 0.25) is 0 Å². The van der Waals surface area contributed by atoms with Crippen molar-refractivity contribution in [1.29, 1.82) is 0 Å². The fraction of sp³-hybridized carbons (Fsp3) is 0.590. The molecule has 4 bridgehead atoms. The molecule has 4 saturated carbocycles. The molecule has 2 atom stereocenters. The summed E-state index contributed by atoms with van der Waals surface area (Å²) >= 11 is 0. The van der Waals surface area contributed by atoms with Gasteiger partial charge in [0.25, 0.3) is 5.91 Å². The van der Waals surface area contributed by atoms with E-state index in [9.17, 15) is 9.59 Å². The molecule has 7 nitrogen and oxygen atoms in total. The van der Waals surface area contributed by atoms with E-state index < -0.39 is 5.60 Å². The van der Waals surface area contributed by atoms with Gasteiger partial charge in [-0.2, -0.15) is 0 Å². The Balaban J connectivity index is 1.33. The van der Waals surface area contributed by atoms with Gasteiger partial charge in [0.15, 0.2) is 0 Å². The summed E-state index contributed by atoms with van der Waals surface area (Å²) in [7, 11) is 1.68. The number of carbonyl (C=O) groups excluding carboxylic acids is 2. The molecular formula is C39H51N3O4. The Labute approximate surface area is 275 Å². The van der Waals surface area contributed by atoms with Crippen LogP contribution >= 0.6 is 0 Å². The number of terminal acetylenes is 1. The first-order valence-electron chi connectivity index (χ1n) is 17.3. The number of benzene rings is 2. The summed E-state index contributed by atoms with van der Waals surface area (Å²) in [6.45, 7) is 9.30. The first-order chi connectivity index (χ1) is 22.0. The van der Waals surface area contributed by atoms with Crippen LogP contribution in [0.5, 0.6) is 5.75 Å². The molecule has 0 aromatic heterocycles. The Morgan fingerprint density at radius 3 is 2.26 bits per heavy atom. The summed E-state index contributed by atoms with van der Waals surface area (Å²) in [5.41, 5.74) is 3.54. The minimum atomic E-state index is -0.562. The van der Waals surface area contributed by atoms with Gasteiger partial charge < -0.3 is 14.4 Å². The molecule has 4 aliphatic carbocycles. The first-order valence-corrected chi connectivity index (χ1v) is 17.3. The topological polar surface area (TPSA) is 71.1 Å². The first kappa shape index (κ1) is 32.4. The van der Waals surface area contributed by atoms with Crippen molar-refractivity contribution in [3.8, 4) is 18.1 Å². The van der Waals surface area contributed by atoms with Crippen molar-refractivity contribution in [3.63, 3.8) is 0 Å². The molecule has 0 unspecified atom stereocenters. The van der Waals surface area contributed by atoms with Crippen molar-refractivity contribution in [2.24, 2.45) is 17.8 Å². The number of nitrogens with one attached hydrogen (secondary N) is 1. The van der Waals surface area contributed by atoms with Gasteiger partial charge in [-0.3, -0.25) is 15.0 Å². The van der Waals surface area contributed by atoms with E-state index in [0.717, 1.165) is 66.7 Å². The van der Waals surface area contributed by atoms with Gasteiger partial charge in [0, 0.05) is 18.5 Å². The summed E-state index contributed by atoms with van der Waals surface area (Å²) < 4.78 is 11.6. The van der Waals surface area contributed by atoms with Crippen molar-refractivity contribution >= 4 is 12.0 Å². The van der Waals surface area contributed by atoms with Gasteiger partial charge in [-0.05, 0) is 130 Å². The Kier molecular flexibility index (Phi) is 9.13. The third-order valence-electron chi connectivity index (χ3n) is 10.8. The van der Waals surface area contributed by atoms with Crippen LogP contribution in [0.25, 0.3) is 0 Å². The maximum atomic E-state index is 13.9. The molecule has 1 heterocycles. The number of nitrogens with zero attached hydrogens (tertiary/aromatic N) is 2. The molecule has 0 saturated heterocycles. The predicted octanol–water partition coefficient (Wildman–Crippen LogP) is 7.22. The second kappa shape index (κ2) is 13.0. The smallest absolute Gasteiger partial charge is 0.411 e. The van der Waals surface area contributed by atoms with Gasteiger partial charge in [0.05, 0.1) is 19.3 Å². The van der Waals surface area contributed by atoms with E-state index in [0.29, 0.717) is 30.7 Å². The van der Waals surface area contributed by atoms with Crippen molar-refractivity contribution in [1.82, 2.24) is 15.1 Å². The van der Waals surface area contributed by atoms with Gasteiger partial charge in [-0.15, -0.1) is 6.42 Å². The summed E-state index contributed by atoms with van der Waals surface area (Å²) in [4.78, 5) is 31.2. The van der Waals surface area contributed by atoms with Gasteiger partial charge in [0.2, 0.25) is 0 Å². The summed E-state index contributed by atoms with van der Waals surface area (Å²) in [6.07, 6.45) is 15.2. The van der Waals surface area contributed by atoms with Crippen LogP contribution in [0, 0.1) is 30.1 Å². The molecule has 1 aliphatic heterocycles. The fourth-order valence-electron chi connectivity index (χ4n) is 9.20. The van der Waals surface area contributed by atoms with Crippen LogP contribution < -0.4 is 10.1 Å². The lowest BCUT2D eigenvalue weighted by Gasteiger charge is -2.60. The highest BCUT2D eigenvalue weighted by atomic mass is 16.6. The van der Waals surface area contributed by atoms with Crippen LogP contribution in [0.15, 0.2) is 42.5 Å². The number of fused-ring (bicyclic) bond motifs is 1. The largest absolute Gasteiger partial charge is 0.497 e. The minimum absolute atomic E-state index is 0.134. The van der Waals surface area contributed by atoms with Crippen LogP contribution in [-0.4, -0.2) is 52.8 Å². The number of unbranched alkanes of at least 4 members (excludes halogenated alkanes) is 1. The second-order valence-corrected chi connectivity index (χ2v) is 15.3. The number of methoxy groups -OCH3 is 1. The van der Waals surface area contributed by atoms with E-state index in [4.69, 9.17) is 15.9 Å². The van der Waals surface area contributed by atoms with Crippen molar-refractivity contribution in [3.05, 3.63) is 64.7 Å². The molecule has 5 aliphatic rings. The summed E-state index contributed by atoms with van der Waals surface area (Å²) in [5, 5.41) is 3.61. The highest BCUT2D eigenvalue weighted by Crippen LogP contribution is 2.58. The molecule has 0 spiro atoms. The molecule has 7 heteroatoms. The second-order valence-electron chi connectivity index (χ2n) is 15.3. The quantitative estimate of drug-likeness (QED) is 0.235. The van der Waals surface area contributed by atoms with E-state index in [-0.39, 0.29) is 29.7 Å². The molecule has 0 radical (unpaired) electrons. The highest BCUT2D eigenvalue weighted by molar-refractivity contribution is 5.94. The average molecular weight is 626 g/mol. The van der Waals surface area contributed by atoms with E-state index >= 15 is 0 Å². The van der Waals surface area contributed by atoms with Crippen molar-refractivity contribution in [2.75, 3.05) is 13.7 Å². The molecule has 7 rings (SSSR count). The molecule has 246 valence electrons. The number of amides is 2. The zero-order valence-electron chi connectivity index (χ0n) is 28.3. The fourth-order valence-corrected chi connectivity index (χ4v) is 9.20. The Morgan fingerprint density at radius 2 is 1.70 bits per heavy atom. The molecule has 46 heavy (non-hydrogen) atoms. The van der Waals surface area contributed by atoms with E-state index in [2.05, 4.69) is 59.5 Å². The van der Waals surface area contributed by atoms with Gasteiger partial charge in [0.1, 0.15) is 11.4 Å². The molecule has 1 N–H and O–H groups in total. The van der Waals surface area contributed by atoms with E-state index in [1.165, 1.54) is 19.3 Å².